The quantitative estimate of drug-likeness (QED) is 0.877. The Morgan fingerprint density at radius 2 is 2.10 bits per heavy atom. The fraction of sp³-hybridized carbons (Fsp3) is 0.875. The zero-order valence-corrected chi connectivity index (χ0v) is 13.2. The molecule has 5 heteroatoms. The van der Waals surface area contributed by atoms with Gasteiger partial charge in [0.2, 0.25) is 5.95 Å². The van der Waals surface area contributed by atoms with Gasteiger partial charge in [0.15, 0.2) is 0 Å². The molecule has 116 valence electrons. The van der Waals surface area contributed by atoms with Gasteiger partial charge in [0.1, 0.15) is 5.82 Å². The molecule has 5 nitrogen and oxygen atoms in total. The molecule has 3 heterocycles. The van der Waals surface area contributed by atoms with E-state index in [1.54, 1.807) is 0 Å². The highest BCUT2D eigenvalue weighted by Gasteiger charge is 2.39. The normalized spacial score (nSPS) is 35.1. The molecule has 3 fully saturated rings. The summed E-state index contributed by atoms with van der Waals surface area (Å²) in [5, 5.41) is 11.4. The predicted molar refractivity (Wildman–Crippen MR) is 83.5 cm³/mol. The van der Waals surface area contributed by atoms with E-state index < -0.39 is 0 Å². The molecule has 2 aliphatic heterocycles. The average molecular weight is 289 g/mol. The Hall–Kier alpha value is -1.10. The van der Waals surface area contributed by atoms with Crippen LogP contribution in [0.3, 0.4) is 0 Å². The summed E-state index contributed by atoms with van der Waals surface area (Å²) in [4.78, 5) is 7.23. The van der Waals surface area contributed by atoms with Crippen LogP contribution < -0.4 is 10.2 Å². The minimum absolute atomic E-state index is 0.358. The Kier molecular flexibility index (Phi) is 3.21. The zero-order valence-electron chi connectivity index (χ0n) is 13.2. The number of anilines is 1. The molecule has 1 saturated carbocycles. The van der Waals surface area contributed by atoms with Crippen molar-refractivity contribution in [3.8, 4) is 0 Å². The number of fused-ring (bicyclic) bond motifs is 1. The number of rotatable bonds is 2. The molecule has 0 amide bonds. The summed E-state index contributed by atoms with van der Waals surface area (Å²) in [5.74, 6) is 3.35. The molecular weight excluding hydrogens is 262 g/mol. The lowest BCUT2D eigenvalue weighted by atomic mass is 9.81. The van der Waals surface area contributed by atoms with Crippen molar-refractivity contribution in [1.82, 2.24) is 20.5 Å². The van der Waals surface area contributed by atoms with Crippen molar-refractivity contribution in [1.29, 1.82) is 0 Å². The molecule has 0 bridgehead atoms. The van der Waals surface area contributed by atoms with E-state index in [1.165, 1.54) is 38.6 Å². The van der Waals surface area contributed by atoms with Crippen LogP contribution in [0.15, 0.2) is 0 Å². The number of H-pyrrole nitrogens is 1. The fourth-order valence-electron chi connectivity index (χ4n) is 4.61. The van der Waals surface area contributed by atoms with Crippen LogP contribution in [0.4, 0.5) is 5.95 Å². The van der Waals surface area contributed by atoms with Gasteiger partial charge in [0, 0.05) is 25.0 Å². The second-order valence-corrected chi connectivity index (χ2v) is 7.82. The van der Waals surface area contributed by atoms with Crippen molar-refractivity contribution in [2.75, 3.05) is 24.5 Å². The topological polar surface area (TPSA) is 56.8 Å². The van der Waals surface area contributed by atoms with Crippen LogP contribution in [-0.4, -0.2) is 40.9 Å². The summed E-state index contributed by atoms with van der Waals surface area (Å²) in [5.41, 5.74) is 0.358. The monoisotopic (exact) mass is 289 g/mol. The summed E-state index contributed by atoms with van der Waals surface area (Å²) < 4.78 is 0. The molecule has 0 spiro atoms. The van der Waals surface area contributed by atoms with E-state index in [1.807, 2.05) is 0 Å². The number of hydrogen-bond donors (Lipinski definition) is 2. The summed E-state index contributed by atoms with van der Waals surface area (Å²) in [6.07, 6.45) is 6.51. The van der Waals surface area contributed by atoms with Gasteiger partial charge >= 0.3 is 0 Å². The second-order valence-electron chi connectivity index (χ2n) is 7.82. The molecule has 0 radical (unpaired) electrons. The van der Waals surface area contributed by atoms with Crippen molar-refractivity contribution >= 4 is 5.95 Å². The molecule has 3 aliphatic rings. The fourth-order valence-corrected chi connectivity index (χ4v) is 4.61. The van der Waals surface area contributed by atoms with Gasteiger partial charge in [-0.3, -0.25) is 5.10 Å². The van der Waals surface area contributed by atoms with Gasteiger partial charge in [0.05, 0.1) is 0 Å². The molecule has 1 aliphatic carbocycles. The Morgan fingerprint density at radius 1 is 1.19 bits per heavy atom. The van der Waals surface area contributed by atoms with E-state index in [9.17, 15) is 0 Å². The first-order valence-electron chi connectivity index (χ1n) is 8.54. The summed E-state index contributed by atoms with van der Waals surface area (Å²) in [7, 11) is 0. The summed E-state index contributed by atoms with van der Waals surface area (Å²) in [6.45, 7) is 8.08. The van der Waals surface area contributed by atoms with Crippen molar-refractivity contribution in [2.24, 2.45) is 11.3 Å². The maximum Gasteiger partial charge on any atom is 0.244 e. The molecule has 3 atom stereocenters. The summed E-state index contributed by atoms with van der Waals surface area (Å²) >= 11 is 0. The maximum absolute atomic E-state index is 4.86. The van der Waals surface area contributed by atoms with E-state index in [-0.39, 0.29) is 0 Å². The Bertz CT molecular complexity index is 495. The smallest absolute Gasteiger partial charge is 0.244 e. The Labute approximate surface area is 126 Å². The van der Waals surface area contributed by atoms with Crippen LogP contribution in [0.1, 0.15) is 57.7 Å². The number of piperidine rings is 1. The first-order valence-corrected chi connectivity index (χ1v) is 8.54. The van der Waals surface area contributed by atoms with Crippen molar-refractivity contribution < 1.29 is 0 Å². The van der Waals surface area contributed by atoms with E-state index in [0.29, 0.717) is 17.4 Å². The van der Waals surface area contributed by atoms with Gasteiger partial charge in [-0.25, -0.2) is 0 Å². The minimum atomic E-state index is 0.358. The number of aromatic amines is 1. The molecule has 1 aromatic rings. The van der Waals surface area contributed by atoms with E-state index >= 15 is 0 Å². The van der Waals surface area contributed by atoms with Crippen molar-refractivity contribution in [3.05, 3.63) is 5.82 Å². The molecule has 4 rings (SSSR count). The van der Waals surface area contributed by atoms with Gasteiger partial charge in [-0.2, -0.15) is 4.98 Å². The van der Waals surface area contributed by atoms with Gasteiger partial charge < -0.3 is 10.2 Å². The number of nitrogens with zero attached hydrogens (tertiary/aromatic N) is 3. The predicted octanol–water partition coefficient (Wildman–Crippen LogP) is 2.29. The Morgan fingerprint density at radius 3 is 2.86 bits per heavy atom. The lowest BCUT2D eigenvalue weighted by Crippen LogP contribution is -2.40. The molecule has 3 unspecified atom stereocenters. The first kappa shape index (κ1) is 13.6. The number of nitrogens with one attached hydrogen (secondary N) is 2. The van der Waals surface area contributed by atoms with E-state index in [0.717, 1.165) is 30.8 Å². The van der Waals surface area contributed by atoms with E-state index in [4.69, 9.17) is 4.98 Å². The number of hydrogen-bond acceptors (Lipinski definition) is 4. The standard InChI is InChI=1S/C16H27N5/c1-16(2)7-3-6-12(16)14-18-15(20-19-14)21-9-11-5-4-8-17-13(11)10-21/h11-13,17H,3-10H2,1-2H3,(H,18,19,20). The van der Waals surface area contributed by atoms with Crippen LogP contribution in [0, 0.1) is 11.3 Å². The van der Waals surface area contributed by atoms with Crippen LogP contribution >= 0.6 is 0 Å². The highest BCUT2D eigenvalue weighted by Crippen LogP contribution is 2.47. The van der Waals surface area contributed by atoms with Gasteiger partial charge in [0.25, 0.3) is 0 Å². The minimum Gasteiger partial charge on any atom is -0.338 e. The van der Waals surface area contributed by atoms with Gasteiger partial charge in [-0.05, 0) is 43.6 Å². The first-order chi connectivity index (χ1) is 10.1. The van der Waals surface area contributed by atoms with Crippen LogP contribution in [0.5, 0.6) is 0 Å². The Balaban J connectivity index is 1.50. The average Bonchev–Trinajstić information content (AvgIpc) is 3.14. The number of aromatic nitrogens is 3. The molecule has 1 aromatic heterocycles. The SMILES string of the molecule is CC1(C)CCCC1c1nc(N2CC3CCCNC3C2)n[nH]1. The van der Waals surface area contributed by atoms with Crippen molar-refractivity contribution in [3.63, 3.8) is 0 Å². The van der Waals surface area contributed by atoms with Crippen LogP contribution in [-0.2, 0) is 0 Å². The zero-order chi connectivity index (χ0) is 14.4. The second kappa shape index (κ2) is 4.97. The van der Waals surface area contributed by atoms with E-state index in [2.05, 4.69) is 34.3 Å². The van der Waals surface area contributed by atoms with Gasteiger partial charge in [-0.15, -0.1) is 5.10 Å². The highest BCUT2D eigenvalue weighted by atomic mass is 15.4. The van der Waals surface area contributed by atoms with Gasteiger partial charge in [-0.1, -0.05) is 20.3 Å². The van der Waals surface area contributed by atoms with Crippen LogP contribution in [0.25, 0.3) is 0 Å². The summed E-state index contributed by atoms with van der Waals surface area (Å²) in [6, 6.07) is 0.642. The lowest BCUT2D eigenvalue weighted by Gasteiger charge is -2.24. The molecule has 2 saturated heterocycles. The molecule has 2 N–H and O–H groups in total. The molecule has 0 aromatic carbocycles. The third-order valence-electron chi connectivity index (χ3n) is 5.96. The molecule has 21 heavy (non-hydrogen) atoms. The third kappa shape index (κ3) is 2.35. The largest absolute Gasteiger partial charge is 0.338 e. The highest BCUT2D eigenvalue weighted by molar-refractivity contribution is 5.33. The van der Waals surface area contributed by atoms with Crippen LogP contribution in [0.2, 0.25) is 0 Å². The lowest BCUT2D eigenvalue weighted by molar-refractivity contribution is 0.322. The maximum atomic E-state index is 4.86. The van der Waals surface area contributed by atoms with Crippen molar-refractivity contribution in [2.45, 2.75) is 57.9 Å². The third-order valence-corrected chi connectivity index (χ3v) is 5.96. The molecular formula is C16H27N5.